The van der Waals surface area contributed by atoms with Crippen molar-refractivity contribution in [3.8, 4) is 0 Å². The van der Waals surface area contributed by atoms with E-state index in [1.165, 1.54) is 6.26 Å². The molecule has 3 amide bonds. The van der Waals surface area contributed by atoms with Crippen LogP contribution < -0.4 is 5.32 Å². The third-order valence-corrected chi connectivity index (χ3v) is 4.51. The van der Waals surface area contributed by atoms with Crippen LogP contribution in [-0.2, 0) is 4.74 Å². The van der Waals surface area contributed by atoms with Crippen molar-refractivity contribution in [2.24, 2.45) is 0 Å². The number of nitrogens with one attached hydrogen (secondary N) is 1. The molecule has 2 aliphatic rings. The first kappa shape index (κ1) is 16.8. The molecule has 24 heavy (non-hydrogen) atoms. The van der Waals surface area contributed by atoms with E-state index < -0.39 is 0 Å². The number of rotatable bonds is 4. The van der Waals surface area contributed by atoms with Crippen LogP contribution in [-0.4, -0.2) is 66.2 Å². The molecule has 0 bridgehead atoms. The topological polar surface area (TPSA) is 75.0 Å². The molecule has 1 aromatic heterocycles. The normalized spacial score (nSPS) is 19.2. The third kappa shape index (κ3) is 3.56. The molecule has 0 aliphatic carbocycles. The van der Waals surface area contributed by atoms with Crippen molar-refractivity contribution < 1.29 is 18.7 Å². The van der Waals surface area contributed by atoms with Gasteiger partial charge in [0.05, 0.1) is 12.3 Å². The minimum Gasteiger partial charge on any atom is -0.459 e. The number of nitrogens with zero attached hydrogens (tertiary/aromatic N) is 2. The number of hydrogen-bond donors (Lipinski definition) is 1. The second-order valence-electron chi connectivity index (χ2n) is 6.70. The molecule has 0 atom stereocenters. The lowest BCUT2D eigenvalue weighted by atomic mass is 10.00. The van der Waals surface area contributed by atoms with Crippen LogP contribution in [0.2, 0.25) is 0 Å². The van der Waals surface area contributed by atoms with Gasteiger partial charge >= 0.3 is 6.03 Å². The van der Waals surface area contributed by atoms with E-state index in [0.717, 1.165) is 12.8 Å². The van der Waals surface area contributed by atoms with Crippen LogP contribution >= 0.6 is 0 Å². The van der Waals surface area contributed by atoms with Crippen LogP contribution in [0, 0.1) is 0 Å². The van der Waals surface area contributed by atoms with Crippen molar-refractivity contribution in [3.05, 3.63) is 24.2 Å². The molecular formula is C17H25N3O4. The molecule has 2 aliphatic heterocycles. The molecule has 0 aromatic carbocycles. The lowest BCUT2D eigenvalue weighted by molar-refractivity contribution is -0.00615. The molecule has 2 fully saturated rings. The first-order chi connectivity index (χ1) is 11.6. The van der Waals surface area contributed by atoms with Crippen molar-refractivity contribution >= 4 is 11.9 Å². The second-order valence-corrected chi connectivity index (χ2v) is 6.70. The maximum Gasteiger partial charge on any atom is 0.318 e. The monoisotopic (exact) mass is 335 g/mol. The zero-order valence-electron chi connectivity index (χ0n) is 14.2. The number of hydrogen-bond acceptors (Lipinski definition) is 4. The van der Waals surface area contributed by atoms with E-state index in [2.05, 4.69) is 5.32 Å². The van der Waals surface area contributed by atoms with Crippen molar-refractivity contribution in [3.63, 3.8) is 0 Å². The van der Waals surface area contributed by atoms with Gasteiger partial charge in [0.1, 0.15) is 0 Å². The zero-order chi connectivity index (χ0) is 17.1. The van der Waals surface area contributed by atoms with Crippen LogP contribution in [0.3, 0.4) is 0 Å². The summed E-state index contributed by atoms with van der Waals surface area (Å²) < 4.78 is 10.6. The van der Waals surface area contributed by atoms with Gasteiger partial charge in [-0.05, 0) is 38.8 Å². The highest BCUT2D eigenvalue weighted by Crippen LogP contribution is 2.24. The molecular weight excluding hydrogens is 310 g/mol. The molecule has 7 heteroatoms. The minimum atomic E-state index is -0.118. The lowest BCUT2D eigenvalue weighted by Crippen LogP contribution is -2.66. The Bertz CT molecular complexity index is 560. The lowest BCUT2D eigenvalue weighted by Gasteiger charge is -2.48. The van der Waals surface area contributed by atoms with E-state index in [0.29, 0.717) is 32.1 Å². The SMILES string of the molecule is CC(C)NC(=O)N(C1CCOCC1)C1CN(C(=O)c2ccco2)C1. The van der Waals surface area contributed by atoms with Gasteiger partial charge in [0.15, 0.2) is 5.76 Å². The maximum absolute atomic E-state index is 12.6. The van der Waals surface area contributed by atoms with Gasteiger partial charge in [-0.15, -0.1) is 0 Å². The van der Waals surface area contributed by atoms with Crippen LogP contribution in [0.4, 0.5) is 4.79 Å². The molecule has 132 valence electrons. The number of ether oxygens (including phenoxy) is 1. The Morgan fingerprint density at radius 3 is 2.54 bits per heavy atom. The summed E-state index contributed by atoms with van der Waals surface area (Å²) in [5.74, 6) is 0.227. The Kier molecular flexibility index (Phi) is 5.08. The van der Waals surface area contributed by atoms with Gasteiger partial charge in [0.25, 0.3) is 5.91 Å². The number of urea groups is 1. The number of carbonyl (C=O) groups is 2. The van der Waals surface area contributed by atoms with Gasteiger partial charge in [-0.2, -0.15) is 0 Å². The summed E-state index contributed by atoms with van der Waals surface area (Å²) in [7, 11) is 0. The van der Waals surface area contributed by atoms with Crippen molar-refractivity contribution in [1.29, 1.82) is 0 Å². The second kappa shape index (κ2) is 7.25. The van der Waals surface area contributed by atoms with Crippen LogP contribution in [0.15, 0.2) is 22.8 Å². The highest BCUT2D eigenvalue weighted by molar-refractivity contribution is 5.92. The van der Waals surface area contributed by atoms with Gasteiger partial charge in [-0.3, -0.25) is 4.79 Å². The van der Waals surface area contributed by atoms with Crippen molar-refractivity contribution in [2.45, 2.75) is 44.8 Å². The highest BCUT2D eigenvalue weighted by Gasteiger charge is 2.41. The summed E-state index contributed by atoms with van der Waals surface area (Å²) in [6.07, 6.45) is 3.18. The van der Waals surface area contributed by atoms with Crippen LogP contribution in [0.1, 0.15) is 37.2 Å². The third-order valence-electron chi connectivity index (χ3n) is 4.51. The highest BCUT2D eigenvalue weighted by atomic mass is 16.5. The van der Waals surface area contributed by atoms with Gasteiger partial charge in [0, 0.05) is 38.4 Å². The smallest absolute Gasteiger partial charge is 0.318 e. The molecule has 1 aromatic rings. The molecule has 0 saturated carbocycles. The summed E-state index contributed by atoms with van der Waals surface area (Å²) in [6.45, 7) is 6.35. The Balaban J connectivity index is 1.64. The zero-order valence-corrected chi connectivity index (χ0v) is 14.2. The van der Waals surface area contributed by atoms with E-state index in [1.807, 2.05) is 18.7 Å². The first-order valence-corrected chi connectivity index (χ1v) is 8.55. The Labute approximate surface area is 141 Å². The van der Waals surface area contributed by atoms with Gasteiger partial charge in [-0.25, -0.2) is 4.79 Å². The minimum absolute atomic E-state index is 0.0470. The van der Waals surface area contributed by atoms with E-state index >= 15 is 0 Å². The van der Waals surface area contributed by atoms with E-state index in [-0.39, 0.29) is 30.1 Å². The Morgan fingerprint density at radius 2 is 1.96 bits per heavy atom. The van der Waals surface area contributed by atoms with Crippen molar-refractivity contribution in [2.75, 3.05) is 26.3 Å². The molecule has 2 saturated heterocycles. The van der Waals surface area contributed by atoms with Gasteiger partial charge < -0.3 is 24.3 Å². The fourth-order valence-electron chi connectivity index (χ4n) is 3.27. The summed E-state index contributed by atoms with van der Waals surface area (Å²) in [5.41, 5.74) is 0. The average Bonchev–Trinajstić information content (AvgIpc) is 3.04. The first-order valence-electron chi connectivity index (χ1n) is 8.55. The predicted molar refractivity (Wildman–Crippen MR) is 87.7 cm³/mol. The number of likely N-dealkylation sites (tertiary alicyclic amines) is 1. The molecule has 0 radical (unpaired) electrons. The molecule has 3 heterocycles. The largest absolute Gasteiger partial charge is 0.459 e. The standard InChI is InChI=1S/C17H25N3O4/c1-12(2)18-17(22)20(13-5-8-23-9-6-13)14-10-19(11-14)16(21)15-4-3-7-24-15/h3-4,7,12-14H,5-6,8-11H2,1-2H3,(H,18,22). The quantitative estimate of drug-likeness (QED) is 0.909. The van der Waals surface area contributed by atoms with Gasteiger partial charge in [0.2, 0.25) is 0 Å². The van der Waals surface area contributed by atoms with E-state index in [1.54, 1.807) is 17.0 Å². The van der Waals surface area contributed by atoms with Crippen molar-refractivity contribution in [1.82, 2.24) is 15.1 Å². The summed E-state index contributed by atoms with van der Waals surface area (Å²) >= 11 is 0. The predicted octanol–water partition coefficient (Wildman–Crippen LogP) is 1.70. The van der Waals surface area contributed by atoms with Gasteiger partial charge in [-0.1, -0.05) is 0 Å². The number of amides is 3. The molecule has 1 N–H and O–H groups in total. The summed E-state index contributed by atoms with van der Waals surface area (Å²) in [6, 6.07) is 3.62. The summed E-state index contributed by atoms with van der Waals surface area (Å²) in [5, 5.41) is 2.99. The molecule has 0 spiro atoms. The molecule has 3 rings (SSSR count). The fourth-order valence-corrected chi connectivity index (χ4v) is 3.27. The fraction of sp³-hybridized carbons (Fsp3) is 0.647. The molecule has 7 nitrogen and oxygen atoms in total. The molecule has 0 unspecified atom stereocenters. The number of carbonyl (C=O) groups excluding carboxylic acids is 2. The summed E-state index contributed by atoms with van der Waals surface area (Å²) in [4.78, 5) is 28.6. The Hall–Kier alpha value is -2.02. The Morgan fingerprint density at radius 1 is 1.25 bits per heavy atom. The van der Waals surface area contributed by atoms with Crippen LogP contribution in [0.5, 0.6) is 0 Å². The average molecular weight is 335 g/mol. The maximum atomic E-state index is 12.6. The van der Waals surface area contributed by atoms with Crippen LogP contribution in [0.25, 0.3) is 0 Å². The van der Waals surface area contributed by atoms with E-state index in [4.69, 9.17) is 9.15 Å². The van der Waals surface area contributed by atoms with E-state index in [9.17, 15) is 9.59 Å². The number of furan rings is 1.